The van der Waals surface area contributed by atoms with Crippen LogP contribution in [0.1, 0.15) is 21.6 Å². The maximum Gasteiger partial charge on any atom is 0.417 e. The molecule has 0 unspecified atom stereocenters. The first-order valence-corrected chi connectivity index (χ1v) is 9.01. The number of non-ortho nitro benzene ring substituents is 1. The molecular formula is C19H17F3N6O3. The third-order valence-corrected chi connectivity index (χ3v) is 4.36. The Morgan fingerprint density at radius 3 is 2.42 bits per heavy atom. The van der Waals surface area contributed by atoms with Gasteiger partial charge in [-0.1, -0.05) is 0 Å². The molecule has 0 atom stereocenters. The quantitative estimate of drug-likeness (QED) is 0.335. The molecule has 0 aliphatic carbocycles. The van der Waals surface area contributed by atoms with Gasteiger partial charge in [-0.3, -0.25) is 14.9 Å². The Hall–Kier alpha value is -3.96. The lowest BCUT2D eigenvalue weighted by molar-refractivity contribution is -0.384. The summed E-state index contributed by atoms with van der Waals surface area (Å²) in [5.74, 6) is -0.245. The van der Waals surface area contributed by atoms with Crippen molar-refractivity contribution in [1.82, 2.24) is 20.1 Å². The van der Waals surface area contributed by atoms with E-state index in [2.05, 4.69) is 20.7 Å². The second-order valence-electron chi connectivity index (χ2n) is 6.44. The molecule has 9 nitrogen and oxygen atoms in total. The fraction of sp³-hybridized carbons (Fsp3) is 0.211. The number of anilines is 1. The van der Waals surface area contributed by atoms with Crippen molar-refractivity contribution in [3.05, 3.63) is 75.7 Å². The van der Waals surface area contributed by atoms with Crippen LogP contribution in [0.5, 0.6) is 0 Å². The Labute approximate surface area is 174 Å². The van der Waals surface area contributed by atoms with Gasteiger partial charge in [0.2, 0.25) is 0 Å². The highest BCUT2D eigenvalue weighted by atomic mass is 19.4. The van der Waals surface area contributed by atoms with Crippen molar-refractivity contribution in [2.75, 3.05) is 18.4 Å². The third-order valence-electron chi connectivity index (χ3n) is 4.36. The minimum Gasteiger partial charge on any atom is -0.383 e. The molecule has 1 amide bonds. The zero-order valence-electron chi connectivity index (χ0n) is 16.2. The van der Waals surface area contributed by atoms with Gasteiger partial charge in [0.25, 0.3) is 11.6 Å². The van der Waals surface area contributed by atoms with Gasteiger partial charge in [0, 0.05) is 37.1 Å². The Kier molecular flexibility index (Phi) is 6.18. The molecule has 2 N–H and O–H groups in total. The number of carbonyl (C=O) groups is 1. The predicted molar refractivity (Wildman–Crippen MR) is 105 cm³/mol. The van der Waals surface area contributed by atoms with Crippen LogP contribution in [0.25, 0.3) is 5.82 Å². The Balaban J connectivity index is 1.56. The molecular weight excluding hydrogens is 417 g/mol. The van der Waals surface area contributed by atoms with E-state index < -0.39 is 22.6 Å². The second-order valence-corrected chi connectivity index (χ2v) is 6.44. The average Bonchev–Trinajstić information content (AvgIpc) is 3.12. The fourth-order valence-electron chi connectivity index (χ4n) is 2.72. The van der Waals surface area contributed by atoms with E-state index in [0.29, 0.717) is 24.1 Å². The normalized spacial score (nSPS) is 11.2. The van der Waals surface area contributed by atoms with Crippen LogP contribution in [0.2, 0.25) is 0 Å². The van der Waals surface area contributed by atoms with E-state index in [-0.39, 0.29) is 23.6 Å². The molecule has 0 saturated carbocycles. The smallest absolute Gasteiger partial charge is 0.383 e. The maximum absolute atomic E-state index is 12.7. The molecule has 3 aromatic rings. The van der Waals surface area contributed by atoms with Crippen LogP contribution in [-0.2, 0) is 6.18 Å². The molecule has 1 aromatic carbocycles. The number of nitrogens with one attached hydrogen (secondary N) is 2. The third kappa shape index (κ3) is 5.15. The van der Waals surface area contributed by atoms with Gasteiger partial charge in [0.1, 0.15) is 0 Å². The number of amides is 1. The number of pyridine rings is 1. The number of halogens is 3. The lowest BCUT2D eigenvalue weighted by atomic mass is 10.2. The molecule has 2 heterocycles. The van der Waals surface area contributed by atoms with Crippen molar-refractivity contribution in [2.24, 2.45) is 0 Å². The van der Waals surface area contributed by atoms with Gasteiger partial charge in [-0.2, -0.15) is 18.3 Å². The summed E-state index contributed by atoms with van der Waals surface area (Å²) in [6, 6.07) is 7.93. The van der Waals surface area contributed by atoms with Crippen molar-refractivity contribution in [3.63, 3.8) is 0 Å². The number of alkyl halides is 3. The van der Waals surface area contributed by atoms with Crippen LogP contribution < -0.4 is 10.6 Å². The molecule has 2 aromatic heterocycles. The maximum atomic E-state index is 12.7. The van der Waals surface area contributed by atoms with Crippen LogP contribution in [0, 0.1) is 17.0 Å². The molecule has 12 heteroatoms. The Bertz CT molecular complexity index is 1080. The van der Waals surface area contributed by atoms with Crippen molar-refractivity contribution in [1.29, 1.82) is 0 Å². The summed E-state index contributed by atoms with van der Waals surface area (Å²) in [7, 11) is 0. The number of aromatic nitrogens is 3. The Morgan fingerprint density at radius 1 is 1.13 bits per heavy atom. The van der Waals surface area contributed by atoms with Gasteiger partial charge in [0.15, 0.2) is 5.82 Å². The minimum absolute atomic E-state index is 0.0196. The van der Waals surface area contributed by atoms with Crippen LogP contribution in [0.15, 0.2) is 48.8 Å². The first-order chi connectivity index (χ1) is 14.7. The molecule has 0 fully saturated rings. The number of nitro benzene ring substituents is 1. The van der Waals surface area contributed by atoms with Crippen LogP contribution >= 0.6 is 0 Å². The van der Waals surface area contributed by atoms with Crippen molar-refractivity contribution in [2.45, 2.75) is 13.1 Å². The first kappa shape index (κ1) is 21.7. The summed E-state index contributed by atoms with van der Waals surface area (Å²) in [6.07, 6.45) is -2.47. The van der Waals surface area contributed by atoms with E-state index in [9.17, 15) is 28.1 Å². The molecule has 0 radical (unpaired) electrons. The zero-order chi connectivity index (χ0) is 22.6. The van der Waals surface area contributed by atoms with E-state index in [1.165, 1.54) is 29.1 Å². The van der Waals surface area contributed by atoms with Gasteiger partial charge in [0.05, 0.1) is 27.9 Å². The number of hydrogen-bond donors (Lipinski definition) is 2. The molecule has 0 saturated heterocycles. The number of carbonyl (C=O) groups excluding carboxylic acids is 1. The molecule has 0 bridgehead atoms. The number of nitro groups is 1. The van der Waals surface area contributed by atoms with Gasteiger partial charge >= 0.3 is 6.18 Å². The Morgan fingerprint density at radius 2 is 1.84 bits per heavy atom. The lowest BCUT2D eigenvalue weighted by Crippen LogP contribution is -2.29. The lowest BCUT2D eigenvalue weighted by Gasteiger charge is -2.09. The van der Waals surface area contributed by atoms with E-state index in [4.69, 9.17) is 0 Å². The first-order valence-electron chi connectivity index (χ1n) is 9.01. The number of nitrogens with zero attached hydrogens (tertiary/aromatic N) is 4. The summed E-state index contributed by atoms with van der Waals surface area (Å²) in [5.41, 5.74) is 0.454. The topological polar surface area (TPSA) is 115 Å². The van der Waals surface area contributed by atoms with E-state index in [0.717, 1.165) is 6.07 Å². The summed E-state index contributed by atoms with van der Waals surface area (Å²) in [5, 5.41) is 20.4. The number of rotatable bonds is 7. The van der Waals surface area contributed by atoms with E-state index >= 15 is 0 Å². The average molecular weight is 434 g/mol. The molecule has 0 spiro atoms. The highest BCUT2D eigenvalue weighted by Gasteiger charge is 2.30. The molecule has 162 valence electrons. The van der Waals surface area contributed by atoms with Crippen LogP contribution in [-0.4, -0.2) is 38.7 Å². The molecule has 0 aliphatic rings. The zero-order valence-corrected chi connectivity index (χ0v) is 16.2. The number of benzene rings is 1. The van der Waals surface area contributed by atoms with E-state index in [1.54, 1.807) is 19.1 Å². The predicted octanol–water partition coefficient (Wildman–Crippen LogP) is 3.34. The monoisotopic (exact) mass is 434 g/mol. The number of hydrogen-bond acceptors (Lipinski definition) is 6. The molecule has 0 aliphatic heterocycles. The molecule has 3 rings (SSSR count). The minimum atomic E-state index is -4.49. The summed E-state index contributed by atoms with van der Waals surface area (Å²) in [6.45, 7) is 2.24. The van der Waals surface area contributed by atoms with Crippen molar-refractivity contribution in [3.8, 4) is 5.82 Å². The van der Waals surface area contributed by atoms with Crippen LogP contribution in [0.3, 0.4) is 0 Å². The van der Waals surface area contributed by atoms with Gasteiger partial charge in [-0.25, -0.2) is 9.67 Å². The van der Waals surface area contributed by atoms with E-state index in [1.807, 2.05) is 0 Å². The van der Waals surface area contributed by atoms with Gasteiger partial charge in [-0.15, -0.1) is 0 Å². The van der Waals surface area contributed by atoms with Crippen molar-refractivity contribution >= 4 is 17.3 Å². The van der Waals surface area contributed by atoms with Gasteiger partial charge in [-0.05, 0) is 31.2 Å². The summed E-state index contributed by atoms with van der Waals surface area (Å²) >= 11 is 0. The second kappa shape index (κ2) is 8.81. The summed E-state index contributed by atoms with van der Waals surface area (Å²) < 4.78 is 39.3. The largest absolute Gasteiger partial charge is 0.417 e. The fourth-order valence-corrected chi connectivity index (χ4v) is 2.72. The summed E-state index contributed by atoms with van der Waals surface area (Å²) in [4.78, 5) is 26.3. The SMILES string of the molecule is Cc1c(C(=O)NCCNc2ccc([N+](=O)[O-])cc2)cnn1-c1ccc(C(F)(F)F)cn1. The van der Waals surface area contributed by atoms with Crippen LogP contribution in [0.4, 0.5) is 24.5 Å². The standard InChI is InChI=1S/C19H17F3N6O3/c1-12-16(11-26-27(12)17-7-2-13(10-25-17)19(20,21)22)18(29)24-9-8-23-14-3-5-15(6-4-14)28(30)31/h2-7,10-11,23H,8-9H2,1H3,(H,24,29). The molecule has 31 heavy (non-hydrogen) atoms. The van der Waals surface area contributed by atoms with Gasteiger partial charge < -0.3 is 10.6 Å². The highest BCUT2D eigenvalue weighted by molar-refractivity contribution is 5.95. The highest BCUT2D eigenvalue weighted by Crippen LogP contribution is 2.28. The van der Waals surface area contributed by atoms with Crippen molar-refractivity contribution < 1.29 is 22.9 Å².